The number of aliphatic imine (C=N–C) groups is 1. The summed E-state index contributed by atoms with van der Waals surface area (Å²) in [4.78, 5) is 5.35. The summed E-state index contributed by atoms with van der Waals surface area (Å²) in [5.74, 6) is 0. The Hall–Kier alpha value is -5.31. The maximum absolute atomic E-state index is 5.35. The average molecular weight is 608 g/mol. The molecule has 46 heavy (non-hydrogen) atoms. The van der Waals surface area contributed by atoms with Gasteiger partial charge >= 0.3 is 0 Å². The Labute approximate surface area is 274 Å². The molecule has 0 aliphatic carbocycles. The van der Waals surface area contributed by atoms with Gasteiger partial charge in [-0.05, 0) is 94.8 Å². The summed E-state index contributed by atoms with van der Waals surface area (Å²) in [5.41, 5.74) is 14.3. The lowest BCUT2D eigenvalue weighted by Crippen LogP contribution is -2.03. The standard InChI is InChI=1S/C44H33NS/c1-29-20-21-33(34-22-23-44-40(27-34)37-18-9-10-19-43(37)46-44)26-38(29)35-16-11-17-36(25-35)41-24-30(2)39(31-12-5-3-6-13-31)28-42(45-41)32-14-7-4-8-15-32/h3-23,25-28H,24H2,1-2H3. The van der Waals surface area contributed by atoms with Gasteiger partial charge in [-0.3, -0.25) is 4.99 Å². The topological polar surface area (TPSA) is 12.4 Å². The fourth-order valence-electron chi connectivity index (χ4n) is 6.58. The minimum Gasteiger partial charge on any atom is -0.252 e. The molecule has 0 bridgehead atoms. The van der Waals surface area contributed by atoms with Crippen molar-refractivity contribution in [1.82, 2.24) is 0 Å². The highest BCUT2D eigenvalue weighted by molar-refractivity contribution is 7.25. The second-order valence-electron chi connectivity index (χ2n) is 12.1. The van der Waals surface area contributed by atoms with Gasteiger partial charge in [0.2, 0.25) is 0 Å². The molecule has 0 amide bonds. The summed E-state index contributed by atoms with van der Waals surface area (Å²) < 4.78 is 2.67. The van der Waals surface area contributed by atoms with Crippen LogP contribution in [0, 0.1) is 6.92 Å². The van der Waals surface area contributed by atoms with E-state index in [0.29, 0.717) is 0 Å². The molecule has 6 aromatic carbocycles. The number of thiophene rings is 1. The maximum atomic E-state index is 5.35. The van der Waals surface area contributed by atoms with Gasteiger partial charge in [-0.15, -0.1) is 11.3 Å². The van der Waals surface area contributed by atoms with E-state index in [1.54, 1.807) is 0 Å². The molecule has 0 saturated carbocycles. The van der Waals surface area contributed by atoms with Crippen LogP contribution in [0.5, 0.6) is 0 Å². The summed E-state index contributed by atoms with van der Waals surface area (Å²) in [6.45, 7) is 4.45. The Balaban J connectivity index is 1.20. The molecular weight excluding hydrogens is 575 g/mol. The molecule has 0 spiro atoms. The van der Waals surface area contributed by atoms with Gasteiger partial charge < -0.3 is 0 Å². The highest BCUT2D eigenvalue weighted by atomic mass is 32.1. The average Bonchev–Trinajstić information content (AvgIpc) is 3.38. The molecular formula is C44H33NS. The zero-order valence-corrected chi connectivity index (χ0v) is 26.8. The van der Waals surface area contributed by atoms with E-state index < -0.39 is 0 Å². The lowest BCUT2D eigenvalue weighted by atomic mass is 9.92. The minimum absolute atomic E-state index is 0.786. The number of fused-ring (bicyclic) bond motifs is 3. The molecule has 0 radical (unpaired) electrons. The molecule has 0 saturated heterocycles. The Morgan fingerprint density at radius 1 is 0.500 bits per heavy atom. The number of hydrogen-bond donors (Lipinski definition) is 0. The Bertz CT molecular complexity index is 2340. The van der Waals surface area contributed by atoms with Gasteiger partial charge in [0.05, 0.1) is 11.4 Å². The van der Waals surface area contributed by atoms with Crippen LogP contribution in [0.1, 0.15) is 35.6 Å². The SMILES string of the molecule is CC1=C(c2ccccc2)C=C(c2ccccc2)N=C(c2cccc(-c3cc(-c4ccc5sc6ccccc6c5c4)ccc3C)c2)C1. The van der Waals surface area contributed by atoms with E-state index in [0.717, 1.165) is 29.0 Å². The van der Waals surface area contributed by atoms with Crippen molar-refractivity contribution < 1.29 is 0 Å². The molecule has 1 aliphatic heterocycles. The van der Waals surface area contributed by atoms with Gasteiger partial charge in [0.25, 0.3) is 0 Å². The highest BCUT2D eigenvalue weighted by Gasteiger charge is 2.17. The number of benzene rings is 6. The molecule has 1 nitrogen and oxygen atoms in total. The van der Waals surface area contributed by atoms with E-state index in [1.165, 1.54) is 64.7 Å². The third kappa shape index (κ3) is 5.31. The van der Waals surface area contributed by atoms with Gasteiger partial charge in [-0.2, -0.15) is 0 Å². The molecule has 0 atom stereocenters. The van der Waals surface area contributed by atoms with Gasteiger partial charge in [-0.25, -0.2) is 0 Å². The second-order valence-corrected chi connectivity index (χ2v) is 13.2. The van der Waals surface area contributed by atoms with Crippen molar-refractivity contribution in [2.45, 2.75) is 20.3 Å². The smallest absolute Gasteiger partial charge is 0.0711 e. The molecule has 8 rings (SSSR count). The predicted octanol–water partition coefficient (Wildman–Crippen LogP) is 12.4. The molecule has 2 heterocycles. The van der Waals surface area contributed by atoms with Crippen LogP contribution in [0.2, 0.25) is 0 Å². The van der Waals surface area contributed by atoms with Crippen LogP contribution < -0.4 is 0 Å². The third-order valence-electron chi connectivity index (χ3n) is 9.04. The van der Waals surface area contributed by atoms with Crippen molar-refractivity contribution in [3.05, 3.63) is 179 Å². The number of aryl methyl sites for hydroxylation is 1. The van der Waals surface area contributed by atoms with Crippen LogP contribution in [-0.4, -0.2) is 5.71 Å². The zero-order chi connectivity index (χ0) is 31.0. The van der Waals surface area contributed by atoms with E-state index in [-0.39, 0.29) is 0 Å². The van der Waals surface area contributed by atoms with Gasteiger partial charge in [-0.1, -0.05) is 121 Å². The summed E-state index contributed by atoms with van der Waals surface area (Å²) in [7, 11) is 0. The van der Waals surface area contributed by atoms with E-state index in [1.807, 2.05) is 11.3 Å². The summed E-state index contributed by atoms with van der Waals surface area (Å²) in [6.07, 6.45) is 3.05. The number of rotatable bonds is 5. The molecule has 2 heteroatoms. The minimum atomic E-state index is 0.786. The molecule has 1 aliphatic rings. The van der Waals surface area contributed by atoms with Crippen molar-refractivity contribution in [2.75, 3.05) is 0 Å². The molecule has 0 N–H and O–H groups in total. The number of hydrogen-bond acceptors (Lipinski definition) is 2. The summed E-state index contributed by atoms with van der Waals surface area (Å²) >= 11 is 1.86. The van der Waals surface area contributed by atoms with E-state index >= 15 is 0 Å². The quantitative estimate of drug-likeness (QED) is 0.185. The van der Waals surface area contributed by atoms with Crippen molar-refractivity contribution in [1.29, 1.82) is 0 Å². The van der Waals surface area contributed by atoms with Crippen molar-refractivity contribution >= 4 is 48.5 Å². The Morgan fingerprint density at radius 3 is 1.98 bits per heavy atom. The van der Waals surface area contributed by atoms with Crippen LogP contribution >= 0.6 is 11.3 Å². The van der Waals surface area contributed by atoms with Gasteiger partial charge in [0.1, 0.15) is 0 Å². The fraction of sp³-hybridized carbons (Fsp3) is 0.0682. The van der Waals surface area contributed by atoms with Crippen molar-refractivity contribution in [3.63, 3.8) is 0 Å². The largest absolute Gasteiger partial charge is 0.252 e. The molecule has 1 aromatic heterocycles. The fourth-order valence-corrected chi connectivity index (χ4v) is 7.67. The van der Waals surface area contributed by atoms with Crippen LogP contribution in [0.4, 0.5) is 0 Å². The predicted molar refractivity (Wildman–Crippen MR) is 200 cm³/mol. The Morgan fingerprint density at radius 2 is 1.15 bits per heavy atom. The monoisotopic (exact) mass is 607 g/mol. The normalized spacial score (nSPS) is 13.5. The zero-order valence-electron chi connectivity index (χ0n) is 26.0. The number of allylic oxidation sites excluding steroid dienone is 3. The summed E-state index contributed by atoms with van der Waals surface area (Å²) in [6, 6.07) is 52.6. The van der Waals surface area contributed by atoms with Crippen LogP contribution in [0.3, 0.4) is 0 Å². The van der Waals surface area contributed by atoms with E-state index in [9.17, 15) is 0 Å². The third-order valence-corrected chi connectivity index (χ3v) is 10.2. The van der Waals surface area contributed by atoms with Crippen molar-refractivity contribution in [3.8, 4) is 22.3 Å². The molecule has 0 fully saturated rings. The van der Waals surface area contributed by atoms with E-state index in [4.69, 9.17) is 4.99 Å². The second kappa shape index (κ2) is 11.9. The first-order chi connectivity index (χ1) is 22.6. The Kier molecular flexibility index (Phi) is 7.28. The first kappa shape index (κ1) is 28.2. The highest BCUT2D eigenvalue weighted by Crippen LogP contribution is 2.38. The molecule has 220 valence electrons. The maximum Gasteiger partial charge on any atom is 0.0711 e. The van der Waals surface area contributed by atoms with Crippen molar-refractivity contribution in [2.24, 2.45) is 4.99 Å². The van der Waals surface area contributed by atoms with Crippen LogP contribution in [0.25, 0.3) is 53.7 Å². The first-order valence-electron chi connectivity index (χ1n) is 15.8. The lowest BCUT2D eigenvalue weighted by molar-refractivity contribution is 1.26. The first-order valence-corrected chi connectivity index (χ1v) is 16.7. The van der Waals surface area contributed by atoms with Gasteiger partial charge in [0.15, 0.2) is 0 Å². The van der Waals surface area contributed by atoms with Crippen LogP contribution in [0.15, 0.2) is 162 Å². The van der Waals surface area contributed by atoms with Crippen LogP contribution in [-0.2, 0) is 0 Å². The molecule has 7 aromatic rings. The number of nitrogens with zero attached hydrogens (tertiary/aromatic N) is 1. The molecule has 0 unspecified atom stereocenters. The van der Waals surface area contributed by atoms with E-state index in [2.05, 4.69) is 166 Å². The van der Waals surface area contributed by atoms with Gasteiger partial charge in [0, 0.05) is 32.2 Å². The summed E-state index contributed by atoms with van der Waals surface area (Å²) in [5, 5.41) is 2.66. The lowest BCUT2D eigenvalue weighted by Gasteiger charge is -2.13.